The Morgan fingerprint density at radius 2 is 2.14 bits per heavy atom. The van der Waals surface area contributed by atoms with Gasteiger partial charge < -0.3 is 10.4 Å². The molecule has 122 valence electrons. The number of hydrogen-bond acceptors (Lipinski definition) is 3. The summed E-state index contributed by atoms with van der Waals surface area (Å²) < 4.78 is 37.5. The normalized spacial score (nSPS) is 19.1. The minimum atomic E-state index is -4.46. The molecular formula is C16H20F3NO2. The van der Waals surface area contributed by atoms with E-state index in [4.69, 9.17) is 0 Å². The molecule has 0 unspecified atom stereocenters. The molecule has 1 aliphatic rings. The zero-order valence-corrected chi connectivity index (χ0v) is 12.2. The Balaban J connectivity index is 1.85. The molecule has 1 fully saturated rings. The highest BCUT2D eigenvalue weighted by Crippen LogP contribution is 2.33. The van der Waals surface area contributed by atoms with E-state index in [1.54, 1.807) is 0 Å². The Hall–Kier alpha value is -1.56. The molecule has 0 saturated carbocycles. The maximum Gasteiger partial charge on any atom is 0.416 e. The van der Waals surface area contributed by atoms with Crippen molar-refractivity contribution in [3.63, 3.8) is 0 Å². The summed E-state index contributed by atoms with van der Waals surface area (Å²) >= 11 is 0. The molecule has 0 bridgehead atoms. The van der Waals surface area contributed by atoms with Crippen molar-refractivity contribution in [3.8, 4) is 5.75 Å². The van der Waals surface area contributed by atoms with E-state index in [-0.39, 0.29) is 17.5 Å². The minimum Gasteiger partial charge on any atom is -0.508 e. The summed E-state index contributed by atoms with van der Waals surface area (Å²) in [6.07, 6.45) is -1.23. The van der Waals surface area contributed by atoms with Gasteiger partial charge in [0.25, 0.3) is 0 Å². The summed E-state index contributed by atoms with van der Waals surface area (Å²) in [5, 5.41) is 12.9. The lowest BCUT2D eigenvalue weighted by atomic mass is 9.91. The second-order valence-electron chi connectivity index (χ2n) is 5.70. The molecule has 1 heterocycles. The first kappa shape index (κ1) is 16.8. The predicted molar refractivity (Wildman–Crippen MR) is 76.6 cm³/mol. The first-order chi connectivity index (χ1) is 10.4. The number of carbonyl (C=O) groups is 1. The lowest BCUT2D eigenvalue weighted by Gasteiger charge is -2.21. The highest BCUT2D eigenvalue weighted by atomic mass is 19.4. The number of benzene rings is 1. The van der Waals surface area contributed by atoms with Gasteiger partial charge in [0, 0.05) is 18.9 Å². The lowest BCUT2D eigenvalue weighted by molar-refractivity contribution is -0.137. The van der Waals surface area contributed by atoms with Gasteiger partial charge in [0.1, 0.15) is 11.5 Å². The highest BCUT2D eigenvalue weighted by molar-refractivity contribution is 5.81. The molecule has 3 nitrogen and oxygen atoms in total. The molecule has 0 aromatic heterocycles. The third kappa shape index (κ3) is 4.47. The van der Waals surface area contributed by atoms with Crippen molar-refractivity contribution in [1.29, 1.82) is 0 Å². The monoisotopic (exact) mass is 315 g/mol. The predicted octanol–water partition coefficient (Wildman–Crippen LogP) is 3.30. The number of ketones is 1. The van der Waals surface area contributed by atoms with Crippen LogP contribution in [0.4, 0.5) is 13.2 Å². The number of rotatable bonds is 5. The van der Waals surface area contributed by atoms with Crippen LogP contribution in [-0.4, -0.2) is 24.0 Å². The molecule has 1 atom stereocenters. The van der Waals surface area contributed by atoms with Gasteiger partial charge in [0.2, 0.25) is 0 Å². The molecule has 22 heavy (non-hydrogen) atoms. The second kappa shape index (κ2) is 7.13. The molecule has 0 radical (unpaired) electrons. The summed E-state index contributed by atoms with van der Waals surface area (Å²) in [6.45, 7) is 1.66. The highest BCUT2D eigenvalue weighted by Gasteiger charge is 2.31. The van der Waals surface area contributed by atoms with Gasteiger partial charge in [0.05, 0.1) is 5.56 Å². The van der Waals surface area contributed by atoms with E-state index >= 15 is 0 Å². The smallest absolute Gasteiger partial charge is 0.416 e. The summed E-state index contributed by atoms with van der Waals surface area (Å²) in [6, 6.07) is 2.98. The quantitative estimate of drug-likeness (QED) is 0.876. The van der Waals surface area contributed by atoms with Crippen molar-refractivity contribution in [3.05, 3.63) is 29.3 Å². The van der Waals surface area contributed by atoms with Gasteiger partial charge in [-0.05, 0) is 49.9 Å². The van der Waals surface area contributed by atoms with E-state index in [0.29, 0.717) is 31.4 Å². The Kier molecular flexibility index (Phi) is 5.45. The minimum absolute atomic E-state index is 0.0509. The van der Waals surface area contributed by atoms with E-state index in [2.05, 4.69) is 5.32 Å². The van der Waals surface area contributed by atoms with Crippen molar-refractivity contribution in [1.82, 2.24) is 5.32 Å². The van der Waals surface area contributed by atoms with Crippen molar-refractivity contribution in [2.75, 3.05) is 13.1 Å². The van der Waals surface area contributed by atoms with Crippen molar-refractivity contribution in [2.45, 2.75) is 38.3 Å². The Morgan fingerprint density at radius 3 is 2.73 bits per heavy atom. The Labute approximate surface area is 127 Å². The molecule has 0 amide bonds. The first-order valence-electron chi connectivity index (χ1n) is 7.50. The average molecular weight is 315 g/mol. The van der Waals surface area contributed by atoms with Gasteiger partial charge in [0.15, 0.2) is 0 Å². The van der Waals surface area contributed by atoms with Crippen LogP contribution in [0.2, 0.25) is 0 Å². The van der Waals surface area contributed by atoms with Crippen LogP contribution < -0.4 is 5.32 Å². The number of aryl methyl sites for hydroxylation is 1. The summed E-state index contributed by atoms with van der Waals surface area (Å²) in [7, 11) is 0. The van der Waals surface area contributed by atoms with E-state index in [1.165, 1.54) is 6.07 Å². The van der Waals surface area contributed by atoms with E-state index in [0.717, 1.165) is 31.5 Å². The third-order valence-electron chi connectivity index (χ3n) is 4.03. The van der Waals surface area contributed by atoms with Gasteiger partial charge >= 0.3 is 6.18 Å². The molecule has 2 rings (SSSR count). The molecule has 1 aromatic carbocycles. The van der Waals surface area contributed by atoms with Crippen LogP contribution >= 0.6 is 0 Å². The van der Waals surface area contributed by atoms with Gasteiger partial charge in [-0.25, -0.2) is 0 Å². The Bertz CT molecular complexity index is 523. The first-order valence-corrected chi connectivity index (χ1v) is 7.50. The summed E-state index contributed by atoms with van der Waals surface area (Å²) in [5.41, 5.74) is -0.416. The molecule has 1 saturated heterocycles. The molecule has 1 aromatic rings. The van der Waals surface area contributed by atoms with Crippen molar-refractivity contribution in [2.24, 2.45) is 5.92 Å². The van der Waals surface area contributed by atoms with E-state index in [1.807, 2.05) is 0 Å². The van der Waals surface area contributed by atoms with Crippen LogP contribution in [0.3, 0.4) is 0 Å². The lowest BCUT2D eigenvalue weighted by Crippen LogP contribution is -2.34. The number of Topliss-reactive ketones (excluding diaryl/α,β-unsaturated/α-hetero) is 1. The topological polar surface area (TPSA) is 49.3 Å². The van der Waals surface area contributed by atoms with Crippen LogP contribution in [0.1, 0.15) is 36.8 Å². The molecule has 1 aliphatic heterocycles. The van der Waals surface area contributed by atoms with Crippen LogP contribution in [0.5, 0.6) is 5.75 Å². The largest absolute Gasteiger partial charge is 0.508 e. The standard InChI is InChI=1S/C16H20F3NO2/c17-16(18,19)13-7-6-11(15(22)9-13)3-1-5-14(21)12-4-2-8-20-10-12/h6-7,9,12,20,22H,1-5,8,10H2/t12-/m1/s1. The van der Waals surface area contributed by atoms with Gasteiger partial charge in [-0.15, -0.1) is 0 Å². The number of phenols is 1. The van der Waals surface area contributed by atoms with Crippen LogP contribution in [0, 0.1) is 5.92 Å². The Morgan fingerprint density at radius 1 is 1.36 bits per heavy atom. The number of aromatic hydroxyl groups is 1. The third-order valence-corrected chi connectivity index (χ3v) is 4.03. The fourth-order valence-corrected chi connectivity index (χ4v) is 2.74. The van der Waals surface area contributed by atoms with Gasteiger partial charge in [-0.3, -0.25) is 4.79 Å². The zero-order valence-electron chi connectivity index (χ0n) is 12.2. The fraction of sp³-hybridized carbons (Fsp3) is 0.562. The maximum atomic E-state index is 12.5. The van der Waals surface area contributed by atoms with Crippen molar-refractivity contribution >= 4 is 5.78 Å². The molecule has 6 heteroatoms. The zero-order chi connectivity index (χ0) is 16.2. The molecule has 0 aliphatic carbocycles. The van der Waals surface area contributed by atoms with Crippen molar-refractivity contribution < 1.29 is 23.1 Å². The number of carbonyl (C=O) groups excluding carboxylic acids is 1. The van der Waals surface area contributed by atoms with Gasteiger partial charge in [-0.2, -0.15) is 13.2 Å². The van der Waals surface area contributed by atoms with Crippen LogP contribution in [-0.2, 0) is 17.4 Å². The summed E-state index contributed by atoms with van der Waals surface area (Å²) in [4.78, 5) is 12.0. The second-order valence-corrected chi connectivity index (χ2v) is 5.70. The average Bonchev–Trinajstić information content (AvgIpc) is 2.48. The number of piperidine rings is 1. The SMILES string of the molecule is O=C(CCCc1ccc(C(F)(F)F)cc1O)[C@@H]1CCCNC1. The van der Waals surface area contributed by atoms with Gasteiger partial charge in [-0.1, -0.05) is 6.07 Å². The summed E-state index contributed by atoms with van der Waals surface area (Å²) in [5.74, 6) is -0.116. The molecule has 2 N–H and O–H groups in total. The number of nitrogens with one attached hydrogen (secondary N) is 1. The van der Waals surface area contributed by atoms with E-state index in [9.17, 15) is 23.1 Å². The molecule has 0 spiro atoms. The number of alkyl halides is 3. The number of halogens is 3. The van der Waals surface area contributed by atoms with E-state index < -0.39 is 11.7 Å². The van der Waals surface area contributed by atoms with Crippen LogP contribution in [0.25, 0.3) is 0 Å². The van der Waals surface area contributed by atoms with Crippen LogP contribution in [0.15, 0.2) is 18.2 Å². The number of phenolic OH excluding ortho intramolecular Hbond substituents is 1. The number of hydrogen-bond donors (Lipinski definition) is 2. The molecular weight excluding hydrogens is 295 g/mol. The fourth-order valence-electron chi connectivity index (χ4n) is 2.74. The maximum absolute atomic E-state index is 12.5.